The maximum atomic E-state index is 11.5. The number of hydrogen-bond acceptors (Lipinski definition) is 4. The van der Waals surface area contributed by atoms with Gasteiger partial charge in [-0.25, -0.2) is 0 Å². The van der Waals surface area contributed by atoms with E-state index < -0.39 is 0 Å². The topological polar surface area (TPSA) is 36.0 Å². The molecule has 2 bridgehead atoms. The van der Waals surface area contributed by atoms with Crippen LogP contribution in [-0.2, 0) is 9.53 Å². The predicted molar refractivity (Wildman–Crippen MR) is 103 cm³/mol. The number of nitrogens with zero attached hydrogens (tertiary/aromatic N) is 3. The van der Waals surface area contributed by atoms with Crippen LogP contribution >= 0.6 is 0 Å². The highest BCUT2D eigenvalue weighted by molar-refractivity contribution is 5.73. The van der Waals surface area contributed by atoms with E-state index in [4.69, 9.17) is 4.74 Å². The van der Waals surface area contributed by atoms with Gasteiger partial charge in [0.2, 0.25) is 5.91 Å². The van der Waals surface area contributed by atoms with Crippen molar-refractivity contribution in [2.24, 2.45) is 11.3 Å². The molecule has 0 N–H and O–H groups in total. The maximum absolute atomic E-state index is 11.5. The highest BCUT2D eigenvalue weighted by Crippen LogP contribution is 2.52. The molecule has 1 aliphatic carbocycles. The Morgan fingerprint density at radius 3 is 2.35 bits per heavy atom. The van der Waals surface area contributed by atoms with Crippen molar-refractivity contribution in [1.82, 2.24) is 14.7 Å². The summed E-state index contributed by atoms with van der Waals surface area (Å²) in [6, 6.07) is 1.23. The van der Waals surface area contributed by atoms with Gasteiger partial charge < -0.3 is 9.64 Å². The van der Waals surface area contributed by atoms with Crippen LogP contribution in [0.2, 0.25) is 0 Å². The van der Waals surface area contributed by atoms with Crippen molar-refractivity contribution in [3.8, 4) is 0 Å². The minimum Gasteiger partial charge on any atom is -0.378 e. The molecule has 148 valence electrons. The molecule has 26 heavy (non-hydrogen) atoms. The molecular formula is C21H37N3O2. The molecule has 1 spiro atoms. The fourth-order valence-electron chi connectivity index (χ4n) is 6.03. The second-order valence-corrected chi connectivity index (χ2v) is 9.44. The van der Waals surface area contributed by atoms with E-state index in [0.29, 0.717) is 17.5 Å². The number of morpholine rings is 1. The summed E-state index contributed by atoms with van der Waals surface area (Å²) in [5.41, 5.74) is 0.568. The van der Waals surface area contributed by atoms with Crippen LogP contribution in [0, 0.1) is 11.3 Å². The molecule has 1 amide bonds. The average Bonchev–Trinajstić information content (AvgIpc) is 2.59. The van der Waals surface area contributed by atoms with Gasteiger partial charge in [0.1, 0.15) is 0 Å². The van der Waals surface area contributed by atoms with Gasteiger partial charge in [0.05, 0.1) is 13.2 Å². The Kier molecular flexibility index (Phi) is 5.58. The molecule has 3 aliphatic heterocycles. The Balaban J connectivity index is 1.24. The van der Waals surface area contributed by atoms with Crippen LogP contribution < -0.4 is 0 Å². The van der Waals surface area contributed by atoms with Gasteiger partial charge in [0, 0.05) is 51.7 Å². The Labute approximate surface area is 159 Å². The van der Waals surface area contributed by atoms with Crippen LogP contribution in [0.3, 0.4) is 0 Å². The summed E-state index contributed by atoms with van der Waals surface area (Å²) in [5.74, 6) is 1.13. The Hall–Kier alpha value is -0.650. The van der Waals surface area contributed by atoms with Crippen LogP contribution in [0.5, 0.6) is 0 Å². The monoisotopic (exact) mass is 363 g/mol. The molecule has 2 atom stereocenters. The number of carbonyl (C=O) groups excluding carboxylic acids is 1. The lowest BCUT2D eigenvalue weighted by Crippen LogP contribution is -2.65. The number of amides is 1. The van der Waals surface area contributed by atoms with Gasteiger partial charge in [-0.1, -0.05) is 13.3 Å². The standard InChI is InChI=1S/C21H37N3O2/c1-3-4-7-24-19-13-22(14-20(24)16-26-15-19)12-18-10-21(11-18)5-8-23(9-6-21)17(2)25/h18-20H,3-16H2,1-2H3. The van der Waals surface area contributed by atoms with Crippen LogP contribution in [-0.4, -0.2) is 85.2 Å². The highest BCUT2D eigenvalue weighted by atomic mass is 16.5. The molecule has 3 heterocycles. The van der Waals surface area contributed by atoms with Gasteiger partial charge in [-0.15, -0.1) is 0 Å². The first-order valence-electron chi connectivity index (χ1n) is 10.9. The highest BCUT2D eigenvalue weighted by Gasteiger charge is 2.47. The fourth-order valence-corrected chi connectivity index (χ4v) is 6.03. The third-order valence-corrected chi connectivity index (χ3v) is 7.50. The number of piperazine rings is 1. The number of carbonyl (C=O) groups is 1. The van der Waals surface area contributed by atoms with Gasteiger partial charge in [-0.3, -0.25) is 14.6 Å². The van der Waals surface area contributed by atoms with Crippen molar-refractivity contribution in [3.63, 3.8) is 0 Å². The molecule has 4 rings (SSSR count). The lowest BCUT2D eigenvalue weighted by Gasteiger charge is -2.55. The molecule has 0 aromatic carbocycles. The summed E-state index contributed by atoms with van der Waals surface area (Å²) < 4.78 is 5.86. The van der Waals surface area contributed by atoms with Crippen LogP contribution in [0.15, 0.2) is 0 Å². The Bertz CT molecular complexity index is 481. The van der Waals surface area contributed by atoms with E-state index in [1.165, 1.54) is 64.7 Å². The molecule has 0 aromatic rings. The van der Waals surface area contributed by atoms with E-state index in [1.54, 1.807) is 6.92 Å². The largest absolute Gasteiger partial charge is 0.378 e. The van der Waals surface area contributed by atoms with Crippen LogP contribution in [0.25, 0.3) is 0 Å². The van der Waals surface area contributed by atoms with Gasteiger partial charge in [-0.2, -0.15) is 0 Å². The van der Waals surface area contributed by atoms with Crippen molar-refractivity contribution in [1.29, 1.82) is 0 Å². The number of rotatable bonds is 5. The summed E-state index contributed by atoms with van der Waals surface area (Å²) in [7, 11) is 0. The Morgan fingerprint density at radius 2 is 1.77 bits per heavy atom. The summed E-state index contributed by atoms with van der Waals surface area (Å²) in [5, 5.41) is 0. The van der Waals surface area contributed by atoms with Crippen molar-refractivity contribution in [3.05, 3.63) is 0 Å². The van der Waals surface area contributed by atoms with E-state index >= 15 is 0 Å². The first-order chi connectivity index (χ1) is 12.6. The molecule has 1 saturated carbocycles. The molecule has 5 nitrogen and oxygen atoms in total. The van der Waals surface area contributed by atoms with E-state index in [-0.39, 0.29) is 5.91 Å². The maximum Gasteiger partial charge on any atom is 0.219 e. The van der Waals surface area contributed by atoms with Crippen LogP contribution in [0.1, 0.15) is 52.4 Å². The van der Waals surface area contributed by atoms with Crippen LogP contribution in [0.4, 0.5) is 0 Å². The lowest BCUT2D eigenvalue weighted by atomic mass is 9.57. The Morgan fingerprint density at radius 1 is 1.12 bits per heavy atom. The zero-order valence-electron chi connectivity index (χ0n) is 16.8. The first kappa shape index (κ1) is 18.7. The summed E-state index contributed by atoms with van der Waals surface area (Å²) in [6.45, 7) is 12.7. The number of fused-ring (bicyclic) bond motifs is 2. The fraction of sp³-hybridized carbons (Fsp3) is 0.952. The molecule has 4 aliphatic rings. The minimum absolute atomic E-state index is 0.255. The first-order valence-corrected chi connectivity index (χ1v) is 10.9. The van der Waals surface area contributed by atoms with Crippen molar-refractivity contribution < 1.29 is 9.53 Å². The number of piperidine rings is 1. The van der Waals surface area contributed by atoms with E-state index in [0.717, 1.165) is 32.2 Å². The zero-order valence-corrected chi connectivity index (χ0v) is 16.8. The molecule has 3 saturated heterocycles. The number of hydrogen-bond donors (Lipinski definition) is 0. The van der Waals surface area contributed by atoms with Crippen molar-refractivity contribution >= 4 is 5.91 Å². The molecule has 0 radical (unpaired) electrons. The summed E-state index contributed by atoms with van der Waals surface area (Å²) >= 11 is 0. The van der Waals surface area contributed by atoms with E-state index in [2.05, 4.69) is 16.7 Å². The third kappa shape index (κ3) is 3.81. The molecular weight excluding hydrogens is 326 g/mol. The third-order valence-electron chi connectivity index (χ3n) is 7.50. The number of ether oxygens (including phenoxy) is 1. The van der Waals surface area contributed by atoms with Gasteiger partial charge in [-0.05, 0) is 50.0 Å². The quantitative estimate of drug-likeness (QED) is 0.750. The van der Waals surface area contributed by atoms with Gasteiger partial charge in [0.15, 0.2) is 0 Å². The van der Waals surface area contributed by atoms with Crippen molar-refractivity contribution in [2.75, 3.05) is 52.5 Å². The van der Waals surface area contributed by atoms with Crippen molar-refractivity contribution in [2.45, 2.75) is 64.5 Å². The van der Waals surface area contributed by atoms with E-state index in [1.807, 2.05) is 4.90 Å². The summed E-state index contributed by atoms with van der Waals surface area (Å²) in [4.78, 5) is 19.1. The SMILES string of the molecule is CCCCN1C2COCC1CN(CC1CC3(CCN(C(C)=O)CC3)C1)C2. The van der Waals surface area contributed by atoms with E-state index in [9.17, 15) is 4.79 Å². The molecule has 4 fully saturated rings. The number of likely N-dealkylation sites (tertiary alicyclic amines) is 1. The smallest absolute Gasteiger partial charge is 0.219 e. The van der Waals surface area contributed by atoms with Gasteiger partial charge in [0.25, 0.3) is 0 Å². The number of unbranched alkanes of at least 4 members (excludes halogenated alkanes) is 1. The second kappa shape index (κ2) is 7.76. The minimum atomic E-state index is 0.255. The average molecular weight is 364 g/mol. The molecule has 0 aromatic heterocycles. The lowest BCUT2D eigenvalue weighted by molar-refractivity contribution is -0.134. The summed E-state index contributed by atoms with van der Waals surface area (Å²) in [6.07, 6.45) is 7.84. The predicted octanol–water partition coefficient (Wildman–Crippen LogP) is 2.21. The van der Waals surface area contributed by atoms with Gasteiger partial charge >= 0.3 is 0 Å². The molecule has 5 heteroatoms. The second-order valence-electron chi connectivity index (χ2n) is 9.44. The normalized spacial score (nSPS) is 32.6. The zero-order chi connectivity index (χ0) is 18.1. The molecule has 2 unspecified atom stereocenters.